The zero-order valence-corrected chi connectivity index (χ0v) is 15.7. The van der Waals surface area contributed by atoms with E-state index in [2.05, 4.69) is 0 Å². The molecule has 0 bridgehead atoms. The first kappa shape index (κ1) is 27.4. The van der Waals surface area contributed by atoms with E-state index < -0.39 is 50.4 Å². The molecule has 0 radical (unpaired) electrons. The maximum absolute atomic E-state index is 11.3. The standard InChI is InChI=1S/C10H8O9S3.3Li/c11-20(12,13)7-2-3-8-6(5-7)1-4-9(21(14,15)16)10(8)22(17,18)19;;;/h1-5H,(H,11,12,13)(H,14,15,16)(H,17,18,19);;;/q;3*+1/p-3. The maximum Gasteiger partial charge on any atom is 1.00 e. The summed E-state index contributed by atoms with van der Waals surface area (Å²) in [6, 6.07) is 3.74. The second kappa shape index (κ2) is 8.94. The SMILES string of the molecule is O=S(=O)([O-])c1ccc2c(S(=O)(=O)[O-])c(S(=O)(=O)[O-])ccc2c1.[Li+].[Li+].[Li+]. The Balaban J connectivity index is 0. The van der Waals surface area contributed by atoms with Crippen LogP contribution in [0.5, 0.6) is 0 Å². The molecular weight excluding hydrogens is 381 g/mol. The summed E-state index contributed by atoms with van der Waals surface area (Å²) in [7, 11) is -15.4. The first-order valence-corrected chi connectivity index (χ1v) is 9.49. The van der Waals surface area contributed by atoms with Gasteiger partial charge in [0.05, 0.1) is 14.7 Å². The van der Waals surface area contributed by atoms with Crippen LogP contribution in [0.3, 0.4) is 0 Å². The van der Waals surface area contributed by atoms with Crippen LogP contribution < -0.4 is 56.6 Å². The predicted octanol–water partition coefficient (Wildman–Crippen LogP) is -9.44. The molecule has 0 saturated heterocycles. The van der Waals surface area contributed by atoms with Crippen molar-refractivity contribution < 1.29 is 95.5 Å². The Morgan fingerprint density at radius 2 is 1.16 bits per heavy atom. The van der Waals surface area contributed by atoms with Crippen molar-refractivity contribution >= 4 is 41.1 Å². The molecule has 2 aromatic rings. The molecule has 0 heterocycles. The third-order valence-corrected chi connectivity index (χ3v) is 5.49. The largest absolute Gasteiger partial charge is 1.00 e. The van der Waals surface area contributed by atoms with Crippen LogP contribution >= 0.6 is 0 Å². The van der Waals surface area contributed by atoms with Gasteiger partial charge in [-0.05, 0) is 23.6 Å². The topological polar surface area (TPSA) is 172 Å². The second-order valence-electron chi connectivity index (χ2n) is 4.14. The van der Waals surface area contributed by atoms with E-state index >= 15 is 0 Å². The molecule has 0 fully saturated rings. The van der Waals surface area contributed by atoms with Crippen molar-refractivity contribution in [3.63, 3.8) is 0 Å². The fourth-order valence-corrected chi connectivity index (χ4v) is 4.33. The summed E-state index contributed by atoms with van der Waals surface area (Å²) >= 11 is 0. The van der Waals surface area contributed by atoms with E-state index in [0.717, 1.165) is 18.2 Å². The predicted molar refractivity (Wildman–Crippen MR) is 67.8 cm³/mol. The van der Waals surface area contributed by atoms with Crippen molar-refractivity contribution in [2.75, 3.05) is 0 Å². The van der Waals surface area contributed by atoms with Crippen molar-refractivity contribution in [1.29, 1.82) is 0 Å². The van der Waals surface area contributed by atoms with Crippen LogP contribution in [0.1, 0.15) is 0 Å². The summed E-state index contributed by atoms with van der Waals surface area (Å²) in [6.45, 7) is 0. The van der Waals surface area contributed by atoms with E-state index in [-0.39, 0.29) is 62.0 Å². The van der Waals surface area contributed by atoms with Gasteiger partial charge in [0.15, 0.2) is 0 Å². The Labute approximate surface area is 180 Å². The number of benzene rings is 2. The van der Waals surface area contributed by atoms with E-state index in [0.29, 0.717) is 12.1 Å². The Morgan fingerprint density at radius 1 is 0.640 bits per heavy atom. The minimum Gasteiger partial charge on any atom is -0.744 e. The smallest absolute Gasteiger partial charge is 0.744 e. The average Bonchev–Trinajstić information content (AvgIpc) is 2.33. The zero-order chi connectivity index (χ0) is 16.9. The molecule has 9 nitrogen and oxygen atoms in total. The van der Waals surface area contributed by atoms with Crippen LogP contribution in [0, 0.1) is 0 Å². The number of fused-ring (bicyclic) bond motifs is 1. The Morgan fingerprint density at radius 3 is 1.56 bits per heavy atom. The van der Waals surface area contributed by atoms with Crippen molar-refractivity contribution in [3.8, 4) is 0 Å². The Kier molecular flexibility index (Phi) is 9.81. The van der Waals surface area contributed by atoms with Gasteiger partial charge in [0.2, 0.25) is 0 Å². The van der Waals surface area contributed by atoms with Gasteiger partial charge < -0.3 is 13.7 Å². The summed E-state index contributed by atoms with van der Waals surface area (Å²) in [6.07, 6.45) is 0. The number of rotatable bonds is 3. The van der Waals surface area contributed by atoms with E-state index in [1.165, 1.54) is 0 Å². The summed E-state index contributed by atoms with van der Waals surface area (Å²) in [5.74, 6) is 0. The molecule has 0 amide bonds. The molecule has 0 atom stereocenters. The molecule has 0 saturated carbocycles. The van der Waals surface area contributed by atoms with E-state index in [1.54, 1.807) is 0 Å². The van der Waals surface area contributed by atoms with Crippen LogP contribution in [0.2, 0.25) is 0 Å². The first-order valence-electron chi connectivity index (χ1n) is 5.26. The maximum atomic E-state index is 11.3. The molecule has 0 unspecified atom stereocenters. The van der Waals surface area contributed by atoms with Gasteiger partial charge in [-0.25, -0.2) is 25.3 Å². The molecule has 0 aromatic heterocycles. The normalized spacial score (nSPS) is 11.8. The zero-order valence-electron chi connectivity index (χ0n) is 13.3. The van der Waals surface area contributed by atoms with Crippen LogP contribution in [0.4, 0.5) is 0 Å². The number of hydrogen-bond acceptors (Lipinski definition) is 9. The van der Waals surface area contributed by atoms with Gasteiger partial charge in [-0.1, -0.05) is 12.1 Å². The molecule has 0 aliphatic carbocycles. The van der Waals surface area contributed by atoms with Crippen LogP contribution in [-0.2, 0) is 30.4 Å². The van der Waals surface area contributed by atoms with Crippen LogP contribution in [-0.4, -0.2) is 38.9 Å². The third-order valence-electron chi connectivity index (χ3n) is 2.71. The second-order valence-corrected chi connectivity index (χ2v) is 8.18. The summed E-state index contributed by atoms with van der Waals surface area (Å²) in [5.41, 5.74) is 0. The van der Waals surface area contributed by atoms with Crippen LogP contribution in [0.15, 0.2) is 45.0 Å². The van der Waals surface area contributed by atoms with E-state index in [4.69, 9.17) is 0 Å². The van der Waals surface area contributed by atoms with Crippen molar-refractivity contribution in [2.24, 2.45) is 0 Å². The average molecular weight is 386 g/mol. The Bertz CT molecular complexity index is 1090. The van der Waals surface area contributed by atoms with Gasteiger partial charge in [-0.15, -0.1) is 0 Å². The van der Waals surface area contributed by atoms with Crippen molar-refractivity contribution in [3.05, 3.63) is 30.3 Å². The van der Waals surface area contributed by atoms with Crippen molar-refractivity contribution in [1.82, 2.24) is 0 Å². The molecule has 120 valence electrons. The molecule has 15 heteroatoms. The van der Waals surface area contributed by atoms with Crippen molar-refractivity contribution in [2.45, 2.75) is 14.7 Å². The summed E-state index contributed by atoms with van der Waals surface area (Å²) < 4.78 is 99.7. The minimum atomic E-state index is -5.35. The van der Waals surface area contributed by atoms with Gasteiger partial charge in [-0.2, -0.15) is 0 Å². The summed E-state index contributed by atoms with van der Waals surface area (Å²) in [5, 5.41) is -0.668. The quantitative estimate of drug-likeness (QED) is 0.367. The fourth-order valence-electron chi connectivity index (χ4n) is 1.87. The van der Waals surface area contributed by atoms with E-state index in [1.807, 2.05) is 0 Å². The van der Waals surface area contributed by atoms with E-state index in [9.17, 15) is 38.9 Å². The monoisotopic (exact) mass is 386 g/mol. The molecule has 25 heavy (non-hydrogen) atoms. The van der Waals surface area contributed by atoms with Crippen LogP contribution in [0.25, 0.3) is 10.8 Å². The van der Waals surface area contributed by atoms with Gasteiger partial charge >= 0.3 is 56.6 Å². The molecule has 0 aliphatic heterocycles. The van der Waals surface area contributed by atoms with Gasteiger partial charge in [-0.3, -0.25) is 0 Å². The van der Waals surface area contributed by atoms with Gasteiger partial charge in [0.1, 0.15) is 30.4 Å². The van der Waals surface area contributed by atoms with Gasteiger partial charge in [0.25, 0.3) is 0 Å². The Hall–Kier alpha value is 0.222. The molecule has 2 aromatic carbocycles. The first-order chi connectivity index (χ1) is 9.82. The molecule has 2 rings (SSSR count). The molecule has 0 spiro atoms. The fraction of sp³-hybridized carbons (Fsp3) is 0. The summed E-state index contributed by atoms with van der Waals surface area (Å²) in [4.78, 5) is -3.23. The minimum absolute atomic E-state index is 0. The third kappa shape index (κ3) is 6.12. The molecule has 0 N–H and O–H groups in total. The molecular formula is C10H5Li3O9S3. The number of hydrogen-bond donors (Lipinski definition) is 0. The molecule has 0 aliphatic rings. The van der Waals surface area contributed by atoms with Gasteiger partial charge in [0, 0.05) is 5.39 Å².